The molecule has 4 rings (SSSR count). The van der Waals surface area contributed by atoms with Crippen molar-refractivity contribution >= 4 is 11.0 Å². The second-order valence-electron chi connectivity index (χ2n) is 7.65. The molecule has 5 nitrogen and oxygen atoms in total. The van der Waals surface area contributed by atoms with E-state index in [-0.39, 0.29) is 0 Å². The van der Waals surface area contributed by atoms with Crippen molar-refractivity contribution in [2.24, 2.45) is 7.05 Å². The molecular weight excluding hydrogens is 334 g/mol. The summed E-state index contributed by atoms with van der Waals surface area (Å²) in [6.45, 7) is 8.91. The van der Waals surface area contributed by atoms with Gasteiger partial charge in [-0.15, -0.1) is 10.2 Å². The van der Waals surface area contributed by atoms with E-state index >= 15 is 0 Å². The van der Waals surface area contributed by atoms with Crippen molar-refractivity contribution in [3.63, 3.8) is 0 Å². The first kappa shape index (κ1) is 17.5. The van der Waals surface area contributed by atoms with Crippen LogP contribution in [0.15, 0.2) is 49.1 Å². The Morgan fingerprint density at radius 3 is 2.19 bits per heavy atom. The zero-order chi connectivity index (χ0) is 19.1. The Hall–Kier alpha value is -2.95. The standard InChI is InChI=1S/C22H25N5/c1-14(2)16-8-6-9-17(15(3)4)21(16)27-13-24-25-22(27)18-10-7-11-19-20(18)23-12-26(19)5/h6-15H,1-5H3. The van der Waals surface area contributed by atoms with E-state index in [1.807, 2.05) is 24.3 Å². The van der Waals surface area contributed by atoms with Crippen LogP contribution in [0.1, 0.15) is 50.7 Å². The molecule has 5 heteroatoms. The van der Waals surface area contributed by atoms with Gasteiger partial charge < -0.3 is 4.57 Å². The Labute approximate surface area is 159 Å². The number of aromatic nitrogens is 5. The molecule has 0 aliphatic carbocycles. The lowest BCUT2D eigenvalue weighted by atomic mass is 9.92. The first-order valence-electron chi connectivity index (χ1n) is 9.42. The zero-order valence-corrected chi connectivity index (χ0v) is 16.5. The highest BCUT2D eigenvalue weighted by molar-refractivity contribution is 5.90. The SMILES string of the molecule is CC(C)c1cccc(C(C)C)c1-n1cnnc1-c1cccc2c1ncn2C. The highest BCUT2D eigenvalue weighted by Gasteiger charge is 2.20. The molecule has 0 aliphatic rings. The number of para-hydroxylation sites is 2. The molecule has 2 aromatic heterocycles. The van der Waals surface area contributed by atoms with E-state index in [4.69, 9.17) is 0 Å². The highest BCUT2D eigenvalue weighted by atomic mass is 15.3. The van der Waals surface area contributed by atoms with Crippen LogP contribution in [0.5, 0.6) is 0 Å². The van der Waals surface area contributed by atoms with Gasteiger partial charge in [-0.1, -0.05) is 52.0 Å². The second-order valence-corrected chi connectivity index (χ2v) is 7.65. The Balaban J connectivity index is 2.01. The predicted molar refractivity (Wildman–Crippen MR) is 109 cm³/mol. The summed E-state index contributed by atoms with van der Waals surface area (Å²) in [7, 11) is 2.01. The van der Waals surface area contributed by atoms with E-state index in [2.05, 4.69) is 83.8 Å². The van der Waals surface area contributed by atoms with Gasteiger partial charge in [0.15, 0.2) is 5.82 Å². The largest absolute Gasteiger partial charge is 0.334 e. The number of hydrogen-bond acceptors (Lipinski definition) is 3. The van der Waals surface area contributed by atoms with E-state index in [1.165, 1.54) is 16.8 Å². The van der Waals surface area contributed by atoms with Crippen LogP contribution in [-0.2, 0) is 7.05 Å². The Morgan fingerprint density at radius 2 is 1.52 bits per heavy atom. The van der Waals surface area contributed by atoms with Crippen LogP contribution in [0.2, 0.25) is 0 Å². The van der Waals surface area contributed by atoms with E-state index in [0.29, 0.717) is 11.8 Å². The molecule has 0 spiro atoms. The van der Waals surface area contributed by atoms with Crippen molar-refractivity contribution in [1.29, 1.82) is 0 Å². The fraction of sp³-hybridized carbons (Fsp3) is 0.318. The average Bonchev–Trinajstić information content (AvgIpc) is 3.28. The summed E-state index contributed by atoms with van der Waals surface area (Å²) in [6, 6.07) is 12.8. The molecule has 0 fully saturated rings. The summed E-state index contributed by atoms with van der Waals surface area (Å²) >= 11 is 0. The van der Waals surface area contributed by atoms with Gasteiger partial charge in [-0.05, 0) is 35.1 Å². The van der Waals surface area contributed by atoms with Crippen LogP contribution in [0, 0.1) is 0 Å². The highest BCUT2D eigenvalue weighted by Crippen LogP contribution is 2.34. The zero-order valence-electron chi connectivity index (χ0n) is 16.5. The van der Waals surface area contributed by atoms with Gasteiger partial charge in [-0.2, -0.15) is 0 Å². The topological polar surface area (TPSA) is 48.5 Å². The van der Waals surface area contributed by atoms with Crippen LogP contribution in [-0.4, -0.2) is 24.3 Å². The molecule has 0 saturated carbocycles. The van der Waals surface area contributed by atoms with Crippen molar-refractivity contribution in [3.8, 4) is 17.1 Å². The van der Waals surface area contributed by atoms with Gasteiger partial charge in [-0.25, -0.2) is 4.98 Å². The van der Waals surface area contributed by atoms with Crippen LogP contribution < -0.4 is 0 Å². The minimum Gasteiger partial charge on any atom is -0.334 e. The van der Waals surface area contributed by atoms with E-state index < -0.39 is 0 Å². The number of imidazole rings is 1. The molecule has 2 heterocycles. The third kappa shape index (κ3) is 2.83. The number of fused-ring (bicyclic) bond motifs is 1. The van der Waals surface area contributed by atoms with Crippen molar-refractivity contribution in [3.05, 3.63) is 60.2 Å². The summed E-state index contributed by atoms with van der Waals surface area (Å²) in [5, 5.41) is 8.75. The third-order valence-corrected chi connectivity index (χ3v) is 5.13. The maximum atomic E-state index is 4.61. The maximum absolute atomic E-state index is 4.61. The molecule has 4 aromatic rings. The number of aryl methyl sites for hydroxylation is 1. The smallest absolute Gasteiger partial charge is 0.170 e. The van der Waals surface area contributed by atoms with Crippen molar-refractivity contribution in [2.45, 2.75) is 39.5 Å². The van der Waals surface area contributed by atoms with Gasteiger partial charge in [0.25, 0.3) is 0 Å². The Bertz CT molecular complexity index is 1070. The molecule has 27 heavy (non-hydrogen) atoms. The normalized spacial score (nSPS) is 11.8. The lowest BCUT2D eigenvalue weighted by Crippen LogP contribution is -2.08. The summed E-state index contributed by atoms with van der Waals surface area (Å²) in [6.07, 6.45) is 3.67. The quantitative estimate of drug-likeness (QED) is 0.511. The number of nitrogens with zero attached hydrogens (tertiary/aromatic N) is 5. The fourth-order valence-corrected chi connectivity index (χ4v) is 3.71. The van der Waals surface area contributed by atoms with Gasteiger partial charge in [-0.3, -0.25) is 4.57 Å². The minimum atomic E-state index is 0.402. The van der Waals surface area contributed by atoms with Gasteiger partial charge in [0.1, 0.15) is 6.33 Å². The molecule has 0 saturated heterocycles. The molecule has 0 aliphatic heterocycles. The van der Waals surface area contributed by atoms with Crippen LogP contribution in [0.25, 0.3) is 28.1 Å². The first-order valence-corrected chi connectivity index (χ1v) is 9.42. The van der Waals surface area contributed by atoms with Gasteiger partial charge >= 0.3 is 0 Å². The van der Waals surface area contributed by atoms with Gasteiger partial charge in [0, 0.05) is 12.6 Å². The molecular formula is C22H25N5. The fourth-order valence-electron chi connectivity index (χ4n) is 3.71. The van der Waals surface area contributed by atoms with Gasteiger partial charge in [0.05, 0.1) is 23.0 Å². The van der Waals surface area contributed by atoms with Crippen LogP contribution in [0.3, 0.4) is 0 Å². The first-order chi connectivity index (χ1) is 13.0. The predicted octanol–water partition coefficient (Wildman–Crippen LogP) is 5.07. The average molecular weight is 359 g/mol. The molecule has 2 aromatic carbocycles. The molecule has 0 amide bonds. The van der Waals surface area contributed by atoms with Gasteiger partial charge in [0.2, 0.25) is 0 Å². The number of rotatable bonds is 4. The van der Waals surface area contributed by atoms with Crippen molar-refractivity contribution in [1.82, 2.24) is 24.3 Å². The summed E-state index contributed by atoms with van der Waals surface area (Å²) in [4.78, 5) is 4.61. The molecule has 0 unspecified atom stereocenters. The van der Waals surface area contributed by atoms with E-state index in [0.717, 1.165) is 22.4 Å². The Morgan fingerprint density at radius 1 is 0.852 bits per heavy atom. The molecule has 0 radical (unpaired) electrons. The molecule has 0 N–H and O–H groups in total. The summed E-state index contributed by atoms with van der Waals surface area (Å²) in [5.41, 5.74) is 6.82. The van der Waals surface area contributed by atoms with Crippen LogP contribution in [0.4, 0.5) is 0 Å². The summed E-state index contributed by atoms with van der Waals surface area (Å²) in [5.74, 6) is 1.63. The van der Waals surface area contributed by atoms with Crippen molar-refractivity contribution in [2.75, 3.05) is 0 Å². The lowest BCUT2D eigenvalue weighted by molar-refractivity contribution is 0.806. The second kappa shape index (κ2) is 6.65. The number of hydrogen-bond donors (Lipinski definition) is 0. The minimum absolute atomic E-state index is 0.402. The van der Waals surface area contributed by atoms with E-state index in [9.17, 15) is 0 Å². The number of benzene rings is 2. The van der Waals surface area contributed by atoms with Crippen molar-refractivity contribution < 1.29 is 0 Å². The summed E-state index contributed by atoms with van der Waals surface area (Å²) < 4.78 is 4.16. The molecule has 0 atom stereocenters. The molecule has 0 bridgehead atoms. The molecule has 138 valence electrons. The maximum Gasteiger partial charge on any atom is 0.170 e. The van der Waals surface area contributed by atoms with E-state index in [1.54, 1.807) is 0 Å². The van der Waals surface area contributed by atoms with Crippen LogP contribution >= 0.6 is 0 Å². The Kier molecular flexibility index (Phi) is 4.30. The lowest BCUT2D eigenvalue weighted by Gasteiger charge is -2.21. The monoisotopic (exact) mass is 359 g/mol. The third-order valence-electron chi connectivity index (χ3n) is 5.13.